The van der Waals surface area contributed by atoms with E-state index < -0.39 is 17.4 Å². The molecular weight excluding hydrogens is 324 g/mol. The highest BCUT2D eigenvalue weighted by atomic mass is 32.1. The van der Waals surface area contributed by atoms with E-state index in [9.17, 15) is 14.7 Å². The van der Waals surface area contributed by atoms with Crippen LogP contribution in [0.1, 0.15) is 24.8 Å². The fraction of sp³-hybridized carbons (Fsp3) is 0.333. The molecule has 1 fully saturated rings. The van der Waals surface area contributed by atoms with Gasteiger partial charge in [0.25, 0.3) is 0 Å². The van der Waals surface area contributed by atoms with Crippen LogP contribution in [-0.4, -0.2) is 29.1 Å². The van der Waals surface area contributed by atoms with Crippen LogP contribution < -0.4 is 10.6 Å². The highest BCUT2D eigenvalue weighted by Gasteiger charge is 2.35. The minimum Gasteiger partial charge on any atom is -0.388 e. The highest BCUT2D eigenvalue weighted by molar-refractivity contribution is 7.13. The average molecular weight is 344 g/mol. The monoisotopic (exact) mass is 344 g/mol. The lowest BCUT2D eigenvalue weighted by atomic mass is 9.80. The first-order valence-electron chi connectivity index (χ1n) is 7.93. The van der Waals surface area contributed by atoms with Crippen molar-refractivity contribution in [2.45, 2.75) is 31.8 Å². The zero-order valence-corrected chi connectivity index (χ0v) is 14.3. The maximum absolute atomic E-state index is 12.0. The third-order valence-electron chi connectivity index (χ3n) is 4.31. The molecule has 24 heavy (non-hydrogen) atoms. The molecule has 0 bridgehead atoms. The highest BCUT2D eigenvalue weighted by Crippen LogP contribution is 2.31. The van der Waals surface area contributed by atoms with Crippen LogP contribution in [0.4, 0.5) is 5.69 Å². The van der Waals surface area contributed by atoms with Gasteiger partial charge in [0.15, 0.2) is 0 Å². The largest absolute Gasteiger partial charge is 0.388 e. The van der Waals surface area contributed by atoms with Gasteiger partial charge in [0.2, 0.25) is 0 Å². The Hall–Kier alpha value is -2.18. The summed E-state index contributed by atoms with van der Waals surface area (Å²) in [6.45, 7) is 2.16. The number of nitrogens with one attached hydrogen (secondary N) is 2. The number of aryl methyl sites for hydroxylation is 1. The van der Waals surface area contributed by atoms with E-state index in [4.69, 9.17) is 0 Å². The molecule has 0 radical (unpaired) electrons. The van der Waals surface area contributed by atoms with Crippen molar-refractivity contribution in [2.24, 2.45) is 0 Å². The summed E-state index contributed by atoms with van der Waals surface area (Å²) in [5.41, 5.74) is 1.91. The molecule has 2 amide bonds. The molecule has 0 saturated heterocycles. The summed E-state index contributed by atoms with van der Waals surface area (Å²) >= 11 is 1.64. The number of hydrogen-bond donors (Lipinski definition) is 3. The van der Waals surface area contributed by atoms with Gasteiger partial charge < -0.3 is 15.7 Å². The van der Waals surface area contributed by atoms with E-state index in [1.807, 2.05) is 36.6 Å². The van der Waals surface area contributed by atoms with Crippen molar-refractivity contribution in [3.05, 3.63) is 41.3 Å². The summed E-state index contributed by atoms with van der Waals surface area (Å²) in [5, 5.41) is 17.1. The Morgan fingerprint density at radius 1 is 1.25 bits per heavy atom. The molecule has 1 heterocycles. The molecular formula is C18H20N2O3S. The molecule has 1 aromatic heterocycles. The molecule has 5 nitrogen and oxygen atoms in total. The Bertz CT molecular complexity index is 765. The van der Waals surface area contributed by atoms with Gasteiger partial charge in [0.1, 0.15) is 0 Å². The third kappa shape index (κ3) is 3.66. The Labute approximate surface area is 144 Å². The Kier molecular flexibility index (Phi) is 4.69. The zero-order chi connectivity index (χ0) is 17.2. The van der Waals surface area contributed by atoms with E-state index in [0.29, 0.717) is 18.5 Å². The van der Waals surface area contributed by atoms with E-state index in [0.717, 1.165) is 16.9 Å². The van der Waals surface area contributed by atoms with Crippen LogP contribution in [0.25, 0.3) is 10.4 Å². The summed E-state index contributed by atoms with van der Waals surface area (Å²) in [6, 6.07) is 9.46. The van der Waals surface area contributed by atoms with Gasteiger partial charge in [-0.25, -0.2) is 0 Å². The van der Waals surface area contributed by atoms with Crippen LogP contribution in [0.2, 0.25) is 0 Å². The topological polar surface area (TPSA) is 78.4 Å². The Morgan fingerprint density at radius 3 is 2.67 bits per heavy atom. The van der Waals surface area contributed by atoms with Gasteiger partial charge in [-0.05, 0) is 60.9 Å². The normalized spacial score (nSPS) is 15.4. The fourth-order valence-electron chi connectivity index (χ4n) is 2.68. The summed E-state index contributed by atoms with van der Waals surface area (Å²) in [4.78, 5) is 25.0. The molecule has 126 valence electrons. The quantitative estimate of drug-likeness (QED) is 0.746. The number of carbonyl (C=O) groups excluding carboxylic acids is 2. The first-order chi connectivity index (χ1) is 11.5. The van der Waals surface area contributed by atoms with Crippen molar-refractivity contribution in [1.29, 1.82) is 0 Å². The number of aliphatic hydroxyl groups is 1. The maximum atomic E-state index is 12.0. The van der Waals surface area contributed by atoms with Crippen molar-refractivity contribution in [3.63, 3.8) is 0 Å². The number of hydrogen-bond acceptors (Lipinski definition) is 4. The molecule has 2 aromatic rings. The molecule has 0 spiro atoms. The van der Waals surface area contributed by atoms with E-state index in [2.05, 4.69) is 10.6 Å². The second kappa shape index (κ2) is 6.75. The lowest BCUT2D eigenvalue weighted by molar-refractivity contribution is -0.137. The van der Waals surface area contributed by atoms with E-state index in [1.165, 1.54) is 5.56 Å². The number of benzene rings is 1. The van der Waals surface area contributed by atoms with Gasteiger partial charge >= 0.3 is 11.8 Å². The smallest absolute Gasteiger partial charge is 0.313 e. The number of thiophene rings is 1. The second-order valence-corrected chi connectivity index (χ2v) is 7.14. The standard InChI is InChI=1S/C18H20N2O3S/c1-12-6-9-24-15(12)13-4-2-5-14(10-13)20-17(22)16(21)19-11-18(23)7-3-8-18/h2,4-6,9-10,23H,3,7-8,11H2,1H3,(H,19,21)(H,20,22). The molecule has 3 rings (SSSR count). The summed E-state index contributed by atoms with van der Waals surface area (Å²) in [5.74, 6) is -1.45. The number of carbonyl (C=O) groups is 2. The molecule has 0 atom stereocenters. The number of rotatable bonds is 4. The van der Waals surface area contributed by atoms with Crippen LogP contribution in [0.15, 0.2) is 35.7 Å². The predicted octanol–water partition coefficient (Wildman–Crippen LogP) is 2.69. The predicted molar refractivity (Wildman–Crippen MR) is 94.9 cm³/mol. The lowest BCUT2D eigenvalue weighted by Gasteiger charge is -2.36. The Balaban J connectivity index is 1.62. The molecule has 0 unspecified atom stereocenters. The molecule has 0 aliphatic heterocycles. The molecule has 3 N–H and O–H groups in total. The SMILES string of the molecule is Cc1ccsc1-c1cccc(NC(=O)C(=O)NCC2(O)CCC2)c1. The van der Waals surface area contributed by atoms with E-state index in [1.54, 1.807) is 17.4 Å². The van der Waals surface area contributed by atoms with Gasteiger partial charge in [-0.2, -0.15) is 0 Å². The fourth-order valence-corrected chi connectivity index (χ4v) is 3.61. The van der Waals surface area contributed by atoms with Gasteiger partial charge in [-0.15, -0.1) is 11.3 Å². The number of anilines is 1. The minimum absolute atomic E-state index is 0.119. The summed E-state index contributed by atoms with van der Waals surface area (Å²) < 4.78 is 0. The molecule has 1 saturated carbocycles. The van der Waals surface area contributed by atoms with Gasteiger partial charge in [0.05, 0.1) is 5.60 Å². The first-order valence-corrected chi connectivity index (χ1v) is 8.81. The average Bonchev–Trinajstić information content (AvgIpc) is 2.97. The third-order valence-corrected chi connectivity index (χ3v) is 5.38. The van der Waals surface area contributed by atoms with Gasteiger partial charge in [0, 0.05) is 17.1 Å². The maximum Gasteiger partial charge on any atom is 0.313 e. The second-order valence-electron chi connectivity index (χ2n) is 6.23. The first kappa shape index (κ1) is 16.7. The molecule has 1 aliphatic carbocycles. The van der Waals surface area contributed by atoms with Crippen LogP contribution >= 0.6 is 11.3 Å². The Morgan fingerprint density at radius 2 is 2.04 bits per heavy atom. The van der Waals surface area contributed by atoms with Crippen molar-refractivity contribution >= 4 is 28.8 Å². The summed E-state index contributed by atoms with van der Waals surface area (Å²) in [7, 11) is 0. The van der Waals surface area contributed by atoms with Crippen LogP contribution in [0, 0.1) is 6.92 Å². The van der Waals surface area contributed by atoms with Gasteiger partial charge in [-0.1, -0.05) is 12.1 Å². The van der Waals surface area contributed by atoms with E-state index in [-0.39, 0.29) is 6.54 Å². The molecule has 6 heteroatoms. The number of amides is 2. The minimum atomic E-state index is -0.841. The van der Waals surface area contributed by atoms with Crippen molar-refractivity contribution in [3.8, 4) is 10.4 Å². The van der Waals surface area contributed by atoms with Crippen LogP contribution in [0.3, 0.4) is 0 Å². The van der Waals surface area contributed by atoms with Crippen molar-refractivity contribution < 1.29 is 14.7 Å². The zero-order valence-electron chi connectivity index (χ0n) is 13.5. The van der Waals surface area contributed by atoms with Crippen molar-refractivity contribution in [1.82, 2.24) is 5.32 Å². The lowest BCUT2D eigenvalue weighted by Crippen LogP contribution is -2.49. The summed E-state index contributed by atoms with van der Waals surface area (Å²) in [6.07, 6.45) is 2.28. The molecule has 1 aliphatic rings. The van der Waals surface area contributed by atoms with Gasteiger partial charge in [-0.3, -0.25) is 9.59 Å². The van der Waals surface area contributed by atoms with Crippen LogP contribution in [-0.2, 0) is 9.59 Å². The molecule has 1 aromatic carbocycles. The van der Waals surface area contributed by atoms with Crippen molar-refractivity contribution in [2.75, 3.05) is 11.9 Å². The van der Waals surface area contributed by atoms with Crippen LogP contribution in [0.5, 0.6) is 0 Å². The van der Waals surface area contributed by atoms with E-state index >= 15 is 0 Å².